The van der Waals surface area contributed by atoms with Crippen molar-refractivity contribution in [3.05, 3.63) is 28.2 Å². The van der Waals surface area contributed by atoms with E-state index in [1.165, 1.54) is 6.42 Å². The van der Waals surface area contributed by atoms with Crippen molar-refractivity contribution in [2.24, 2.45) is 5.92 Å². The third-order valence-electron chi connectivity index (χ3n) is 3.45. The largest absolute Gasteiger partial charge is 0.316 e. The molecule has 4 nitrogen and oxygen atoms in total. The molecule has 1 aliphatic rings. The smallest absolute Gasteiger partial charge is 0.241 e. The van der Waals surface area contributed by atoms with Gasteiger partial charge in [-0.3, -0.25) is 0 Å². The first-order valence-electron chi connectivity index (χ1n) is 6.45. The Kier molecular flexibility index (Phi) is 5.00. The van der Waals surface area contributed by atoms with Crippen molar-refractivity contribution in [2.75, 3.05) is 13.6 Å². The van der Waals surface area contributed by atoms with Crippen molar-refractivity contribution >= 4 is 26.0 Å². The van der Waals surface area contributed by atoms with Gasteiger partial charge in [-0.1, -0.05) is 12.5 Å². The van der Waals surface area contributed by atoms with E-state index in [9.17, 15) is 8.42 Å². The Morgan fingerprint density at radius 1 is 1.37 bits per heavy atom. The van der Waals surface area contributed by atoms with Crippen LogP contribution >= 0.6 is 15.9 Å². The molecule has 1 aliphatic carbocycles. The van der Waals surface area contributed by atoms with Crippen LogP contribution in [0.3, 0.4) is 0 Å². The fourth-order valence-electron chi connectivity index (χ4n) is 2.07. The Bertz CT molecular complexity index is 542. The molecule has 106 valence electrons. The molecule has 0 heterocycles. The van der Waals surface area contributed by atoms with Crippen molar-refractivity contribution < 1.29 is 8.42 Å². The van der Waals surface area contributed by atoms with Gasteiger partial charge in [-0.2, -0.15) is 0 Å². The summed E-state index contributed by atoms with van der Waals surface area (Å²) in [7, 11) is -1.59. The van der Waals surface area contributed by atoms with Crippen LogP contribution in [0.1, 0.15) is 24.8 Å². The van der Waals surface area contributed by atoms with Crippen molar-refractivity contribution in [2.45, 2.75) is 30.7 Å². The van der Waals surface area contributed by atoms with Crippen molar-refractivity contribution in [3.63, 3.8) is 0 Å². The molecule has 1 aromatic rings. The molecule has 0 aromatic heterocycles. The number of halogens is 1. The summed E-state index contributed by atoms with van der Waals surface area (Å²) in [4.78, 5) is 0.319. The van der Waals surface area contributed by atoms with E-state index in [-0.39, 0.29) is 0 Å². The van der Waals surface area contributed by atoms with Gasteiger partial charge < -0.3 is 5.32 Å². The van der Waals surface area contributed by atoms with Gasteiger partial charge in [0.25, 0.3) is 0 Å². The molecular weight excluding hydrogens is 328 g/mol. The lowest BCUT2D eigenvalue weighted by atomic mass is 9.86. The third-order valence-corrected chi connectivity index (χ3v) is 5.87. The van der Waals surface area contributed by atoms with Gasteiger partial charge in [0.15, 0.2) is 0 Å². The van der Waals surface area contributed by atoms with E-state index in [0.717, 1.165) is 18.4 Å². The highest BCUT2D eigenvalue weighted by Crippen LogP contribution is 2.27. The van der Waals surface area contributed by atoms with E-state index in [1.807, 2.05) is 13.1 Å². The van der Waals surface area contributed by atoms with Crippen molar-refractivity contribution in [1.82, 2.24) is 10.0 Å². The van der Waals surface area contributed by atoms with Crippen molar-refractivity contribution in [1.29, 1.82) is 0 Å². The van der Waals surface area contributed by atoms with Gasteiger partial charge in [-0.05, 0) is 59.4 Å². The Morgan fingerprint density at radius 3 is 2.68 bits per heavy atom. The minimum Gasteiger partial charge on any atom is -0.316 e. The molecule has 6 heteroatoms. The lowest BCUT2D eigenvalue weighted by Gasteiger charge is -2.25. The number of hydrogen-bond acceptors (Lipinski definition) is 3. The molecule has 0 spiro atoms. The molecule has 0 aliphatic heterocycles. The maximum absolute atomic E-state index is 12.3. The number of hydrogen-bond donors (Lipinski definition) is 2. The summed E-state index contributed by atoms with van der Waals surface area (Å²) in [5.41, 5.74) is 0.953. The van der Waals surface area contributed by atoms with Crippen LogP contribution in [0.25, 0.3) is 0 Å². The summed E-state index contributed by atoms with van der Waals surface area (Å²) in [5, 5.41) is 3.02. The number of sulfonamides is 1. The summed E-state index contributed by atoms with van der Waals surface area (Å²) in [6.45, 7) is 1.20. The molecule has 0 unspecified atom stereocenters. The number of benzene rings is 1. The van der Waals surface area contributed by atoms with Gasteiger partial charge in [-0.25, -0.2) is 13.1 Å². The highest BCUT2D eigenvalue weighted by atomic mass is 79.9. The van der Waals surface area contributed by atoms with E-state index in [2.05, 4.69) is 26.0 Å². The molecule has 0 bridgehead atoms. The van der Waals surface area contributed by atoms with Gasteiger partial charge in [0.05, 0.1) is 4.90 Å². The van der Waals surface area contributed by atoms with E-state index >= 15 is 0 Å². The Hall–Kier alpha value is -0.430. The van der Waals surface area contributed by atoms with Crippen LogP contribution in [0.15, 0.2) is 27.6 Å². The first-order valence-corrected chi connectivity index (χ1v) is 8.73. The van der Waals surface area contributed by atoms with Gasteiger partial charge in [-0.15, -0.1) is 0 Å². The molecule has 19 heavy (non-hydrogen) atoms. The fourth-order valence-corrected chi connectivity index (χ4v) is 4.20. The number of nitrogens with one attached hydrogen (secondary N) is 2. The van der Waals surface area contributed by atoms with Crippen LogP contribution in [-0.2, 0) is 16.6 Å². The Balaban J connectivity index is 2.15. The topological polar surface area (TPSA) is 58.2 Å². The molecule has 1 fully saturated rings. The first-order chi connectivity index (χ1) is 9.03. The van der Waals surface area contributed by atoms with E-state index in [0.29, 0.717) is 28.4 Å². The predicted octanol–water partition coefficient (Wildman–Crippen LogP) is 2.25. The quantitative estimate of drug-likeness (QED) is 0.830. The van der Waals surface area contributed by atoms with Crippen LogP contribution in [0.4, 0.5) is 0 Å². The zero-order valence-corrected chi connectivity index (χ0v) is 13.4. The molecular formula is C13H19BrN2O2S. The SMILES string of the molecule is CNCc1ccc(Br)c(S(=O)(=O)NCC2CCC2)c1. The predicted molar refractivity (Wildman–Crippen MR) is 79.4 cm³/mol. The lowest BCUT2D eigenvalue weighted by Crippen LogP contribution is -2.32. The van der Waals surface area contributed by atoms with Crippen LogP contribution in [0.2, 0.25) is 0 Å². The Labute approximate surface area is 123 Å². The van der Waals surface area contributed by atoms with Crippen molar-refractivity contribution in [3.8, 4) is 0 Å². The average Bonchev–Trinajstić information content (AvgIpc) is 2.29. The molecule has 0 amide bonds. The zero-order chi connectivity index (χ0) is 13.9. The molecule has 2 rings (SSSR count). The molecule has 2 N–H and O–H groups in total. The Morgan fingerprint density at radius 2 is 2.11 bits per heavy atom. The second-order valence-corrected chi connectivity index (χ2v) is 7.53. The second-order valence-electron chi connectivity index (χ2n) is 4.94. The third kappa shape index (κ3) is 3.78. The molecule has 1 aromatic carbocycles. The summed E-state index contributed by atoms with van der Waals surface area (Å²) in [5.74, 6) is 0.508. The zero-order valence-electron chi connectivity index (χ0n) is 10.9. The minimum absolute atomic E-state index is 0.319. The standard InChI is InChI=1S/C13H19BrN2O2S/c1-15-8-11-5-6-12(14)13(7-11)19(17,18)16-9-10-3-2-4-10/h5-7,10,15-16H,2-4,8-9H2,1H3. The van der Waals surface area contributed by atoms with Gasteiger partial charge in [0.1, 0.15) is 0 Å². The van der Waals surface area contributed by atoms with Gasteiger partial charge in [0, 0.05) is 17.6 Å². The van der Waals surface area contributed by atoms with E-state index in [1.54, 1.807) is 12.1 Å². The molecule has 1 saturated carbocycles. The molecule has 0 atom stereocenters. The summed E-state index contributed by atoms with van der Waals surface area (Å²) < 4.78 is 27.9. The van der Waals surface area contributed by atoms with Gasteiger partial charge >= 0.3 is 0 Å². The normalized spacial score (nSPS) is 16.3. The maximum atomic E-state index is 12.3. The average molecular weight is 347 g/mol. The monoisotopic (exact) mass is 346 g/mol. The maximum Gasteiger partial charge on any atom is 0.241 e. The summed E-state index contributed by atoms with van der Waals surface area (Å²) in [6.07, 6.45) is 3.47. The van der Waals surface area contributed by atoms with Gasteiger partial charge in [0.2, 0.25) is 10.0 Å². The summed E-state index contributed by atoms with van der Waals surface area (Å²) >= 11 is 3.32. The van der Waals surface area contributed by atoms with Crippen LogP contribution in [0, 0.1) is 5.92 Å². The highest BCUT2D eigenvalue weighted by molar-refractivity contribution is 9.10. The lowest BCUT2D eigenvalue weighted by molar-refractivity contribution is 0.316. The fraction of sp³-hybridized carbons (Fsp3) is 0.538. The number of rotatable bonds is 6. The van der Waals surface area contributed by atoms with Crippen LogP contribution in [-0.4, -0.2) is 22.0 Å². The van der Waals surface area contributed by atoms with Crippen LogP contribution in [0.5, 0.6) is 0 Å². The van der Waals surface area contributed by atoms with Crippen LogP contribution < -0.4 is 10.0 Å². The van der Waals surface area contributed by atoms with E-state index in [4.69, 9.17) is 0 Å². The second kappa shape index (κ2) is 6.35. The molecule has 0 saturated heterocycles. The highest BCUT2D eigenvalue weighted by Gasteiger charge is 2.22. The summed E-state index contributed by atoms with van der Waals surface area (Å²) in [6, 6.07) is 5.40. The first kappa shape index (κ1) is 15.0. The minimum atomic E-state index is -3.43. The van der Waals surface area contributed by atoms with E-state index < -0.39 is 10.0 Å². The molecule has 0 radical (unpaired) electrons.